The van der Waals surface area contributed by atoms with Crippen molar-refractivity contribution in [1.82, 2.24) is 9.55 Å². The molecule has 19 heavy (non-hydrogen) atoms. The Hall–Kier alpha value is -1.07. The van der Waals surface area contributed by atoms with Crippen LogP contribution in [0, 0.1) is 5.41 Å². The van der Waals surface area contributed by atoms with Gasteiger partial charge < -0.3 is 15.0 Å². The number of rotatable bonds is 5. The number of ether oxygens (including phenoxy) is 1. The van der Waals surface area contributed by atoms with Crippen LogP contribution in [0.2, 0.25) is 0 Å². The highest BCUT2D eigenvalue weighted by Gasteiger charge is 2.42. The van der Waals surface area contributed by atoms with Gasteiger partial charge in [0.05, 0.1) is 11.0 Å². The molecular formula is C14H18BrN3O. The standard InChI is InChI=1S/C14H18BrN3O/c1-19-7-6-14(4-5-14)9-18-12-3-2-10(15)8-11(12)17-13(18)16/h2-3,8H,4-7,9H2,1H3,(H2,16,17). The summed E-state index contributed by atoms with van der Waals surface area (Å²) in [6, 6.07) is 6.13. The van der Waals surface area contributed by atoms with Gasteiger partial charge in [0.2, 0.25) is 5.95 Å². The first-order chi connectivity index (χ1) is 9.13. The van der Waals surface area contributed by atoms with E-state index in [4.69, 9.17) is 10.5 Å². The summed E-state index contributed by atoms with van der Waals surface area (Å²) >= 11 is 3.47. The molecule has 1 saturated carbocycles. The number of hydrogen-bond donors (Lipinski definition) is 1. The molecule has 0 bridgehead atoms. The molecule has 0 saturated heterocycles. The monoisotopic (exact) mass is 323 g/mol. The summed E-state index contributed by atoms with van der Waals surface area (Å²) in [6.07, 6.45) is 3.61. The molecule has 0 aliphatic heterocycles. The zero-order valence-corrected chi connectivity index (χ0v) is 12.6. The number of nitrogen functional groups attached to an aromatic ring is 1. The fraction of sp³-hybridized carbons (Fsp3) is 0.500. The van der Waals surface area contributed by atoms with Crippen molar-refractivity contribution in [3.63, 3.8) is 0 Å². The number of aromatic nitrogens is 2. The van der Waals surface area contributed by atoms with Gasteiger partial charge in [0.25, 0.3) is 0 Å². The number of nitrogens with two attached hydrogens (primary N) is 1. The van der Waals surface area contributed by atoms with Gasteiger partial charge in [0.15, 0.2) is 0 Å². The van der Waals surface area contributed by atoms with Gasteiger partial charge in [-0.3, -0.25) is 0 Å². The summed E-state index contributed by atoms with van der Waals surface area (Å²) in [5.74, 6) is 0.608. The third kappa shape index (κ3) is 2.49. The summed E-state index contributed by atoms with van der Waals surface area (Å²) in [5, 5.41) is 0. The van der Waals surface area contributed by atoms with Gasteiger partial charge in [0.1, 0.15) is 0 Å². The van der Waals surface area contributed by atoms with Crippen LogP contribution in [0.15, 0.2) is 22.7 Å². The predicted octanol–water partition coefficient (Wildman–Crippen LogP) is 3.20. The summed E-state index contributed by atoms with van der Waals surface area (Å²) in [4.78, 5) is 4.45. The summed E-state index contributed by atoms with van der Waals surface area (Å²) in [5.41, 5.74) is 8.51. The van der Waals surface area contributed by atoms with Gasteiger partial charge in [-0.05, 0) is 42.9 Å². The number of methoxy groups -OCH3 is 1. The Balaban J connectivity index is 1.90. The van der Waals surface area contributed by atoms with Crippen LogP contribution >= 0.6 is 15.9 Å². The van der Waals surface area contributed by atoms with E-state index in [1.54, 1.807) is 7.11 Å². The summed E-state index contributed by atoms with van der Waals surface area (Å²) in [7, 11) is 1.76. The number of hydrogen-bond acceptors (Lipinski definition) is 3. The van der Waals surface area contributed by atoms with Crippen LogP contribution in [0.25, 0.3) is 11.0 Å². The van der Waals surface area contributed by atoms with Gasteiger partial charge in [-0.25, -0.2) is 4.98 Å². The molecule has 1 aromatic carbocycles. The predicted molar refractivity (Wildman–Crippen MR) is 80.0 cm³/mol. The van der Waals surface area contributed by atoms with Crippen molar-refractivity contribution in [2.24, 2.45) is 5.41 Å². The van der Waals surface area contributed by atoms with E-state index in [0.29, 0.717) is 11.4 Å². The van der Waals surface area contributed by atoms with E-state index in [1.807, 2.05) is 12.1 Å². The minimum Gasteiger partial charge on any atom is -0.385 e. The number of anilines is 1. The van der Waals surface area contributed by atoms with Gasteiger partial charge >= 0.3 is 0 Å². The molecule has 0 spiro atoms. The third-order valence-corrected chi connectivity index (χ3v) is 4.52. The molecule has 0 atom stereocenters. The van der Waals surface area contributed by atoms with E-state index in [9.17, 15) is 0 Å². The maximum atomic E-state index is 6.07. The molecule has 0 unspecified atom stereocenters. The number of nitrogens with zero attached hydrogens (tertiary/aromatic N) is 2. The first kappa shape index (κ1) is 12.9. The van der Waals surface area contributed by atoms with Crippen LogP contribution in [-0.2, 0) is 11.3 Å². The normalized spacial score (nSPS) is 16.9. The first-order valence-electron chi connectivity index (χ1n) is 6.54. The molecule has 1 aliphatic rings. The number of fused-ring (bicyclic) bond motifs is 1. The summed E-state index contributed by atoms with van der Waals surface area (Å²) < 4.78 is 8.38. The Labute approximate surface area is 121 Å². The molecule has 0 amide bonds. The van der Waals surface area contributed by atoms with Crippen molar-refractivity contribution >= 4 is 32.9 Å². The number of benzene rings is 1. The lowest BCUT2D eigenvalue weighted by Crippen LogP contribution is -2.15. The lowest BCUT2D eigenvalue weighted by molar-refractivity contribution is 0.167. The Morgan fingerprint density at radius 1 is 1.47 bits per heavy atom. The second-order valence-electron chi connectivity index (χ2n) is 5.43. The maximum absolute atomic E-state index is 6.07. The highest BCUT2D eigenvalue weighted by molar-refractivity contribution is 9.10. The van der Waals surface area contributed by atoms with E-state index in [0.717, 1.165) is 35.1 Å². The van der Waals surface area contributed by atoms with Crippen molar-refractivity contribution in [2.45, 2.75) is 25.8 Å². The second-order valence-corrected chi connectivity index (χ2v) is 6.35. The molecule has 1 aromatic heterocycles. The molecule has 0 radical (unpaired) electrons. The lowest BCUT2D eigenvalue weighted by Gasteiger charge is -2.16. The van der Waals surface area contributed by atoms with Crippen LogP contribution in [0.4, 0.5) is 5.95 Å². The minimum absolute atomic E-state index is 0.366. The average Bonchev–Trinajstić information content (AvgIpc) is 3.08. The molecule has 5 heteroatoms. The second kappa shape index (κ2) is 4.80. The molecule has 1 heterocycles. The Bertz CT molecular complexity index is 604. The van der Waals surface area contributed by atoms with Crippen molar-refractivity contribution in [2.75, 3.05) is 19.5 Å². The minimum atomic E-state index is 0.366. The zero-order chi connectivity index (χ0) is 13.5. The van der Waals surface area contributed by atoms with E-state index >= 15 is 0 Å². The average molecular weight is 324 g/mol. The molecule has 1 aliphatic carbocycles. The summed E-state index contributed by atoms with van der Waals surface area (Å²) in [6.45, 7) is 1.76. The van der Waals surface area contributed by atoms with Crippen LogP contribution in [-0.4, -0.2) is 23.3 Å². The molecule has 2 aromatic rings. The van der Waals surface area contributed by atoms with Crippen molar-refractivity contribution in [1.29, 1.82) is 0 Å². The highest BCUT2D eigenvalue weighted by atomic mass is 79.9. The maximum Gasteiger partial charge on any atom is 0.201 e. The Morgan fingerprint density at radius 2 is 2.26 bits per heavy atom. The van der Waals surface area contributed by atoms with E-state index in [2.05, 4.69) is 31.5 Å². The van der Waals surface area contributed by atoms with Crippen molar-refractivity contribution in [3.05, 3.63) is 22.7 Å². The third-order valence-electron chi connectivity index (χ3n) is 4.03. The molecule has 1 fully saturated rings. The number of halogens is 1. The van der Waals surface area contributed by atoms with Crippen LogP contribution in [0.1, 0.15) is 19.3 Å². The molecular weight excluding hydrogens is 306 g/mol. The van der Waals surface area contributed by atoms with Gasteiger partial charge in [-0.1, -0.05) is 15.9 Å². The van der Waals surface area contributed by atoms with Gasteiger partial charge in [-0.2, -0.15) is 0 Å². The SMILES string of the molecule is COCCC1(Cn2c(N)nc3cc(Br)ccc32)CC1. The fourth-order valence-electron chi connectivity index (χ4n) is 2.61. The molecule has 2 N–H and O–H groups in total. The van der Waals surface area contributed by atoms with Gasteiger partial charge in [-0.15, -0.1) is 0 Å². The first-order valence-corrected chi connectivity index (χ1v) is 7.33. The van der Waals surface area contributed by atoms with Crippen molar-refractivity contribution < 1.29 is 4.74 Å². The Kier molecular flexibility index (Phi) is 3.27. The lowest BCUT2D eigenvalue weighted by atomic mass is 10.0. The van der Waals surface area contributed by atoms with Crippen LogP contribution < -0.4 is 5.73 Å². The smallest absolute Gasteiger partial charge is 0.201 e. The van der Waals surface area contributed by atoms with Crippen LogP contribution in [0.5, 0.6) is 0 Å². The zero-order valence-electron chi connectivity index (χ0n) is 11.0. The molecule has 3 rings (SSSR count). The fourth-order valence-corrected chi connectivity index (χ4v) is 2.95. The van der Waals surface area contributed by atoms with Crippen LogP contribution in [0.3, 0.4) is 0 Å². The molecule has 102 valence electrons. The topological polar surface area (TPSA) is 53.1 Å². The van der Waals surface area contributed by atoms with E-state index in [-0.39, 0.29) is 0 Å². The molecule has 4 nitrogen and oxygen atoms in total. The largest absolute Gasteiger partial charge is 0.385 e. The highest BCUT2D eigenvalue weighted by Crippen LogP contribution is 2.50. The van der Waals surface area contributed by atoms with Crippen molar-refractivity contribution in [3.8, 4) is 0 Å². The van der Waals surface area contributed by atoms with Gasteiger partial charge in [0, 0.05) is 24.7 Å². The number of imidazole rings is 1. The quantitative estimate of drug-likeness (QED) is 0.919. The Morgan fingerprint density at radius 3 is 2.95 bits per heavy atom. The van der Waals surface area contributed by atoms with E-state index in [1.165, 1.54) is 12.8 Å². The van der Waals surface area contributed by atoms with E-state index < -0.39 is 0 Å².